The highest BCUT2D eigenvalue weighted by atomic mass is 79.9. The predicted octanol–water partition coefficient (Wildman–Crippen LogP) is 3.08. The van der Waals surface area contributed by atoms with Crippen molar-refractivity contribution in [2.45, 2.75) is 13.1 Å². The molecule has 0 aliphatic rings. The summed E-state index contributed by atoms with van der Waals surface area (Å²) in [6.45, 7) is 1.84. The minimum atomic E-state index is -1.67. The maximum atomic E-state index is 13.3. The summed E-state index contributed by atoms with van der Waals surface area (Å²) >= 11 is 4.34. The molecule has 1 unspecified atom stereocenters. The number of thiophene rings is 1. The summed E-state index contributed by atoms with van der Waals surface area (Å²) < 4.78 is 18.5. The van der Waals surface area contributed by atoms with E-state index in [4.69, 9.17) is 0 Å². The number of hydrogen-bond acceptors (Lipinski definition) is 3. The van der Waals surface area contributed by atoms with Gasteiger partial charge in [-0.3, -0.25) is 0 Å². The van der Waals surface area contributed by atoms with Gasteiger partial charge < -0.3 is 4.74 Å². The Balaban J connectivity index is 2.73. The fraction of sp³-hybridized carbons (Fsp3) is 0.375. The summed E-state index contributed by atoms with van der Waals surface area (Å²) in [7, 11) is 0. The molecule has 0 aliphatic heterocycles. The van der Waals surface area contributed by atoms with Gasteiger partial charge >= 0.3 is 5.97 Å². The van der Waals surface area contributed by atoms with Crippen molar-refractivity contribution >= 4 is 33.2 Å². The SMILES string of the molecule is CCOC(=O)C(F)c1sccc1Br. The zero-order valence-electron chi connectivity index (χ0n) is 6.92. The van der Waals surface area contributed by atoms with E-state index in [1.807, 2.05) is 0 Å². The number of ether oxygens (including phenoxy) is 1. The van der Waals surface area contributed by atoms with Crippen LogP contribution in [0.1, 0.15) is 18.0 Å². The van der Waals surface area contributed by atoms with Crippen molar-refractivity contribution in [3.8, 4) is 0 Å². The van der Waals surface area contributed by atoms with Crippen LogP contribution in [0.15, 0.2) is 15.9 Å². The maximum absolute atomic E-state index is 13.3. The highest BCUT2D eigenvalue weighted by Gasteiger charge is 2.24. The molecule has 5 heteroatoms. The molecular formula is C8H8BrFO2S. The van der Waals surface area contributed by atoms with Crippen LogP contribution in [0, 0.1) is 0 Å². The van der Waals surface area contributed by atoms with E-state index in [-0.39, 0.29) is 6.61 Å². The Kier molecular flexibility index (Phi) is 3.87. The number of hydrogen-bond donors (Lipinski definition) is 0. The van der Waals surface area contributed by atoms with Gasteiger partial charge in [0.25, 0.3) is 0 Å². The van der Waals surface area contributed by atoms with Gasteiger partial charge in [0.05, 0.1) is 11.5 Å². The molecule has 0 aliphatic carbocycles. The normalized spacial score (nSPS) is 12.5. The summed E-state index contributed by atoms with van der Waals surface area (Å²) in [5, 5.41) is 1.71. The maximum Gasteiger partial charge on any atom is 0.346 e. The summed E-state index contributed by atoms with van der Waals surface area (Å²) in [6, 6.07) is 1.70. The lowest BCUT2D eigenvalue weighted by Crippen LogP contribution is -2.10. The molecule has 72 valence electrons. The molecule has 0 saturated carbocycles. The summed E-state index contributed by atoms with van der Waals surface area (Å²) in [5.74, 6) is -0.828. The van der Waals surface area contributed by atoms with Gasteiger partial charge in [0.1, 0.15) is 0 Å². The third kappa shape index (κ3) is 2.51. The second-order valence-corrected chi connectivity index (χ2v) is 4.05. The van der Waals surface area contributed by atoms with E-state index in [9.17, 15) is 9.18 Å². The zero-order valence-corrected chi connectivity index (χ0v) is 9.32. The van der Waals surface area contributed by atoms with Crippen LogP contribution in [0.5, 0.6) is 0 Å². The molecule has 0 amide bonds. The number of rotatable bonds is 3. The van der Waals surface area contributed by atoms with Crippen LogP contribution >= 0.6 is 27.3 Å². The van der Waals surface area contributed by atoms with Gasteiger partial charge in [-0.15, -0.1) is 11.3 Å². The molecule has 0 saturated heterocycles. The van der Waals surface area contributed by atoms with Crippen LogP contribution in [-0.4, -0.2) is 12.6 Å². The molecule has 1 aromatic rings. The van der Waals surface area contributed by atoms with Gasteiger partial charge in [0.2, 0.25) is 6.17 Å². The van der Waals surface area contributed by atoms with Crippen LogP contribution in [0.4, 0.5) is 4.39 Å². The van der Waals surface area contributed by atoms with E-state index in [2.05, 4.69) is 20.7 Å². The lowest BCUT2D eigenvalue weighted by Gasteiger charge is -2.05. The van der Waals surface area contributed by atoms with Crippen molar-refractivity contribution < 1.29 is 13.9 Å². The fourth-order valence-electron chi connectivity index (χ4n) is 0.809. The van der Waals surface area contributed by atoms with Gasteiger partial charge in [-0.2, -0.15) is 0 Å². The van der Waals surface area contributed by atoms with E-state index in [1.165, 1.54) is 11.3 Å². The molecule has 0 N–H and O–H groups in total. The molecule has 1 aromatic heterocycles. The molecule has 2 nitrogen and oxygen atoms in total. The van der Waals surface area contributed by atoms with Crippen LogP contribution in [-0.2, 0) is 9.53 Å². The monoisotopic (exact) mass is 266 g/mol. The predicted molar refractivity (Wildman–Crippen MR) is 52.5 cm³/mol. The van der Waals surface area contributed by atoms with Crippen molar-refractivity contribution in [1.29, 1.82) is 0 Å². The molecule has 0 fully saturated rings. The molecule has 0 spiro atoms. The molecule has 13 heavy (non-hydrogen) atoms. The van der Waals surface area contributed by atoms with E-state index in [1.54, 1.807) is 18.4 Å². The Hall–Kier alpha value is -0.420. The molecule has 0 radical (unpaired) electrons. The smallest absolute Gasteiger partial charge is 0.346 e. The van der Waals surface area contributed by atoms with Crippen LogP contribution in [0.2, 0.25) is 0 Å². The van der Waals surface area contributed by atoms with Crippen LogP contribution < -0.4 is 0 Å². The third-order valence-electron chi connectivity index (χ3n) is 1.37. The largest absolute Gasteiger partial charge is 0.464 e. The molecule has 1 heterocycles. The highest BCUT2D eigenvalue weighted by Crippen LogP contribution is 2.31. The summed E-state index contributed by atoms with van der Waals surface area (Å²) in [4.78, 5) is 11.3. The van der Waals surface area contributed by atoms with Gasteiger partial charge in [0.15, 0.2) is 0 Å². The lowest BCUT2D eigenvalue weighted by molar-refractivity contribution is -0.149. The lowest BCUT2D eigenvalue weighted by atomic mass is 10.3. The third-order valence-corrected chi connectivity index (χ3v) is 3.28. The number of esters is 1. The Labute approximate surface area is 87.8 Å². The van der Waals surface area contributed by atoms with Crippen molar-refractivity contribution in [1.82, 2.24) is 0 Å². The summed E-state index contributed by atoms with van der Waals surface area (Å²) in [5.41, 5.74) is 0. The molecule has 1 atom stereocenters. The number of halogens is 2. The Morgan fingerprint density at radius 3 is 3.00 bits per heavy atom. The number of carbonyl (C=O) groups excluding carboxylic acids is 1. The van der Waals surface area contributed by atoms with Gasteiger partial charge in [0, 0.05) is 4.47 Å². The van der Waals surface area contributed by atoms with Crippen LogP contribution in [0.3, 0.4) is 0 Å². The molecule has 0 bridgehead atoms. The Morgan fingerprint density at radius 1 is 1.85 bits per heavy atom. The van der Waals surface area contributed by atoms with E-state index in [0.717, 1.165) is 0 Å². The second-order valence-electron chi connectivity index (χ2n) is 2.25. The molecule has 1 rings (SSSR count). The quantitative estimate of drug-likeness (QED) is 0.786. The van der Waals surface area contributed by atoms with E-state index < -0.39 is 12.1 Å². The Bertz CT molecular complexity index is 300. The first-order valence-corrected chi connectivity index (χ1v) is 5.37. The average Bonchev–Trinajstić information content (AvgIpc) is 2.50. The van der Waals surface area contributed by atoms with Crippen molar-refractivity contribution in [3.63, 3.8) is 0 Å². The fourth-order valence-corrected chi connectivity index (χ4v) is 2.34. The first kappa shape index (κ1) is 10.7. The summed E-state index contributed by atoms with van der Waals surface area (Å²) in [6.07, 6.45) is -1.67. The van der Waals surface area contributed by atoms with Gasteiger partial charge in [-0.05, 0) is 34.3 Å². The van der Waals surface area contributed by atoms with Gasteiger partial charge in [-0.25, -0.2) is 9.18 Å². The molecular weight excluding hydrogens is 259 g/mol. The van der Waals surface area contributed by atoms with Crippen molar-refractivity contribution in [2.75, 3.05) is 6.61 Å². The van der Waals surface area contributed by atoms with Crippen LogP contribution in [0.25, 0.3) is 0 Å². The standard InChI is InChI=1S/C8H8BrFO2S/c1-2-12-8(11)6(10)7-5(9)3-4-13-7/h3-4,6H,2H2,1H3. The first-order chi connectivity index (χ1) is 6.16. The molecule has 0 aromatic carbocycles. The number of carbonyl (C=O) groups is 1. The zero-order chi connectivity index (χ0) is 9.84. The minimum absolute atomic E-state index is 0.197. The average molecular weight is 267 g/mol. The first-order valence-electron chi connectivity index (χ1n) is 3.70. The number of alkyl halides is 1. The van der Waals surface area contributed by atoms with Crippen molar-refractivity contribution in [2.24, 2.45) is 0 Å². The topological polar surface area (TPSA) is 26.3 Å². The van der Waals surface area contributed by atoms with Crippen molar-refractivity contribution in [3.05, 3.63) is 20.8 Å². The van der Waals surface area contributed by atoms with Gasteiger partial charge in [-0.1, -0.05) is 0 Å². The second kappa shape index (κ2) is 4.72. The Morgan fingerprint density at radius 2 is 2.54 bits per heavy atom. The van der Waals surface area contributed by atoms with E-state index in [0.29, 0.717) is 9.35 Å². The highest BCUT2D eigenvalue weighted by molar-refractivity contribution is 9.10. The minimum Gasteiger partial charge on any atom is -0.464 e. The van der Waals surface area contributed by atoms with E-state index >= 15 is 0 Å².